The number of hydrogen-bond donors (Lipinski definition) is 2. The van der Waals surface area contributed by atoms with Gasteiger partial charge in [-0.3, -0.25) is 9.59 Å². The Balaban J connectivity index is 2.10. The third kappa shape index (κ3) is 5.28. The first kappa shape index (κ1) is 20.4. The molecule has 1 aromatic rings. The van der Waals surface area contributed by atoms with Crippen molar-refractivity contribution in [3.63, 3.8) is 0 Å². The molecule has 7 nitrogen and oxygen atoms in total. The van der Waals surface area contributed by atoms with E-state index in [-0.39, 0.29) is 11.3 Å². The van der Waals surface area contributed by atoms with Crippen LogP contribution in [0.4, 0.5) is 0 Å². The van der Waals surface area contributed by atoms with Gasteiger partial charge in [-0.05, 0) is 44.7 Å². The lowest BCUT2D eigenvalue weighted by atomic mass is 9.75. The average molecular weight is 383 g/mol. The predicted octanol–water partition coefficient (Wildman–Crippen LogP) is 2.24. The maximum atomic E-state index is 12.8. The van der Waals surface area contributed by atoms with Crippen molar-refractivity contribution < 1.29 is 27.9 Å². The zero-order valence-electron chi connectivity index (χ0n) is 14.9. The number of rotatable bonds is 8. The lowest BCUT2D eigenvalue weighted by molar-refractivity contribution is -0.137. The SMILES string of the molecule is Cc1ccc(S(=O)(=O)NC(=O)C2(CCCCC(=O)O)CCOCC2)cc1. The van der Waals surface area contributed by atoms with Crippen LogP contribution in [0.1, 0.15) is 44.1 Å². The number of carboxylic acids is 1. The van der Waals surface area contributed by atoms with Gasteiger partial charge >= 0.3 is 5.97 Å². The molecule has 0 aromatic heterocycles. The maximum absolute atomic E-state index is 12.8. The minimum atomic E-state index is -3.94. The molecule has 0 spiro atoms. The van der Waals surface area contributed by atoms with E-state index in [1.165, 1.54) is 12.1 Å². The molecule has 1 aromatic carbocycles. The number of carbonyl (C=O) groups is 2. The van der Waals surface area contributed by atoms with Crippen molar-refractivity contribution in [3.8, 4) is 0 Å². The fourth-order valence-electron chi connectivity index (χ4n) is 3.10. The minimum absolute atomic E-state index is 0.0376. The van der Waals surface area contributed by atoms with Crippen LogP contribution in [0, 0.1) is 12.3 Å². The average Bonchev–Trinajstić information content (AvgIpc) is 2.59. The molecule has 0 radical (unpaired) electrons. The molecule has 8 heteroatoms. The van der Waals surface area contributed by atoms with E-state index in [0.29, 0.717) is 45.3 Å². The molecule has 1 heterocycles. The summed E-state index contributed by atoms with van der Waals surface area (Å²) in [5.74, 6) is -1.41. The monoisotopic (exact) mass is 383 g/mol. The number of aryl methyl sites for hydroxylation is 1. The van der Waals surface area contributed by atoms with Gasteiger partial charge in [0.1, 0.15) is 0 Å². The number of sulfonamides is 1. The molecule has 0 unspecified atom stereocenters. The number of nitrogens with one attached hydrogen (secondary N) is 1. The van der Waals surface area contributed by atoms with Crippen LogP contribution in [-0.4, -0.2) is 38.6 Å². The van der Waals surface area contributed by atoms with E-state index < -0.39 is 27.3 Å². The van der Waals surface area contributed by atoms with Crippen molar-refractivity contribution in [1.29, 1.82) is 0 Å². The van der Waals surface area contributed by atoms with Crippen LogP contribution in [0.15, 0.2) is 29.2 Å². The Labute approximate surface area is 153 Å². The lowest BCUT2D eigenvalue weighted by Gasteiger charge is -2.35. The predicted molar refractivity (Wildman–Crippen MR) is 95.1 cm³/mol. The summed E-state index contributed by atoms with van der Waals surface area (Å²) < 4.78 is 32.6. The van der Waals surface area contributed by atoms with Gasteiger partial charge in [-0.1, -0.05) is 24.1 Å². The van der Waals surface area contributed by atoms with Crippen molar-refractivity contribution in [2.75, 3.05) is 13.2 Å². The zero-order valence-corrected chi connectivity index (χ0v) is 15.7. The minimum Gasteiger partial charge on any atom is -0.481 e. The Kier molecular flexibility index (Phi) is 6.77. The van der Waals surface area contributed by atoms with E-state index in [1.807, 2.05) is 6.92 Å². The van der Waals surface area contributed by atoms with Crippen LogP contribution in [0.3, 0.4) is 0 Å². The Hall–Kier alpha value is -1.93. The molecule has 1 saturated heterocycles. The molecule has 1 fully saturated rings. The van der Waals surface area contributed by atoms with Crippen LogP contribution >= 0.6 is 0 Å². The maximum Gasteiger partial charge on any atom is 0.303 e. The van der Waals surface area contributed by atoms with Crippen LogP contribution < -0.4 is 4.72 Å². The standard InChI is InChI=1S/C18H25NO6S/c1-14-5-7-15(8-6-14)26(23,24)19-17(22)18(10-12-25-13-11-18)9-3-2-4-16(20)21/h5-8H,2-4,9-13H2,1H3,(H,19,22)(H,20,21). The van der Waals surface area contributed by atoms with Gasteiger partial charge in [0.25, 0.3) is 10.0 Å². The number of carboxylic acid groups (broad SMARTS) is 1. The number of unbranched alkanes of at least 4 members (excludes halogenated alkanes) is 1. The highest BCUT2D eigenvalue weighted by molar-refractivity contribution is 7.90. The fraction of sp³-hybridized carbons (Fsp3) is 0.556. The summed E-state index contributed by atoms with van der Waals surface area (Å²) in [6.07, 6.45) is 2.33. The smallest absolute Gasteiger partial charge is 0.303 e. The summed E-state index contributed by atoms with van der Waals surface area (Å²) in [6, 6.07) is 6.28. The van der Waals surface area contributed by atoms with Crippen molar-refractivity contribution in [1.82, 2.24) is 4.72 Å². The van der Waals surface area contributed by atoms with Crippen molar-refractivity contribution in [2.45, 2.75) is 50.3 Å². The van der Waals surface area contributed by atoms with Gasteiger partial charge < -0.3 is 9.84 Å². The molecule has 0 atom stereocenters. The second-order valence-electron chi connectivity index (χ2n) is 6.74. The number of aliphatic carboxylic acids is 1. The molecular formula is C18H25NO6S. The Morgan fingerprint density at radius 3 is 2.35 bits per heavy atom. The third-order valence-electron chi connectivity index (χ3n) is 4.79. The highest BCUT2D eigenvalue weighted by Gasteiger charge is 2.41. The molecule has 0 bridgehead atoms. The molecule has 0 aliphatic carbocycles. The summed E-state index contributed by atoms with van der Waals surface area (Å²) in [5, 5.41) is 8.74. The van der Waals surface area contributed by atoms with Gasteiger partial charge in [-0.15, -0.1) is 0 Å². The van der Waals surface area contributed by atoms with Gasteiger partial charge in [-0.25, -0.2) is 13.1 Å². The molecule has 2 rings (SSSR count). The Morgan fingerprint density at radius 1 is 1.15 bits per heavy atom. The highest BCUT2D eigenvalue weighted by atomic mass is 32.2. The largest absolute Gasteiger partial charge is 0.481 e. The lowest BCUT2D eigenvalue weighted by Crippen LogP contribution is -2.46. The van der Waals surface area contributed by atoms with Crippen molar-refractivity contribution in [3.05, 3.63) is 29.8 Å². The number of hydrogen-bond acceptors (Lipinski definition) is 5. The first-order chi connectivity index (χ1) is 12.3. The zero-order chi connectivity index (χ0) is 19.2. The van der Waals surface area contributed by atoms with Crippen molar-refractivity contribution >= 4 is 21.9 Å². The van der Waals surface area contributed by atoms with Gasteiger partial charge in [0.05, 0.1) is 10.3 Å². The van der Waals surface area contributed by atoms with Gasteiger partial charge in [-0.2, -0.15) is 0 Å². The molecule has 1 amide bonds. The van der Waals surface area contributed by atoms with E-state index in [9.17, 15) is 18.0 Å². The molecule has 1 aliphatic rings. The van der Waals surface area contributed by atoms with Crippen LogP contribution in [0.2, 0.25) is 0 Å². The van der Waals surface area contributed by atoms with E-state index in [2.05, 4.69) is 4.72 Å². The Morgan fingerprint density at radius 2 is 1.77 bits per heavy atom. The van der Waals surface area contributed by atoms with Crippen LogP contribution in [0.5, 0.6) is 0 Å². The van der Waals surface area contributed by atoms with E-state index in [0.717, 1.165) is 5.56 Å². The number of benzene rings is 1. The fourth-order valence-corrected chi connectivity index (χ4v) is 4.17. The van der Waals surface area contributed by atoms with Gasteiger partial charge in [0.15, 0.2) is 0 Å². The van der Waals surface area contributed by atoms with E-state index in [4.69, 9.17) is 9.84 Å². The topological polar surface area (TPSA) is 110 Å². The second kappa shape index (κ2) is 8.64. The van der Waals surface area contributed by atoms with E-state index in [1.54, 1.807) is 12.1 Å². The van der Waals surface area contributed by atoms with Gasteiger partial charge in [0.2, 0.25) is 5.91 Å². The van der Waals surface area contributed by atoms with Gasteiger partial charge in [0, 0.05) is 19.6 Å². The summed E-state index contributed by atoms with van der Waals surface area (Å²) >= 11 is 0. The molecule has 144 valence electrons. The molecule has 2 N–H and O–H groups in total. The summed E-state index contributed by atoms with van der Waals surface area (Å²) in [7, 11) is -3.94. The summed E-state index contributed by atoms with van der Waals surface area (Å²) in [4.78, 5) is 23.5. The number of carbonyl (C=O) groups excluding carboxylic acids is 1. The first-order valence-electron chi connectivity index (χ1n) is 8.69. The van der Waals surface area contributed by atoms with Crippen molar-refractivity contribution in [2.24, 2.45) is 5.41 Å². The first-order valence-corrected chi connectivity index (χ1v) is 10.2. The normalized spacial score (nSPS) is 16.8. The highest BCUT2D eigenvalue weighted by Crippen LogP contribution is 2.36. The quantitative estimate of drug-likeness (QED) is 0.666. The van der Waals surface area contributed by atoms with Crippen LogP contribution in [-0.2, 0) is 24.3 Å². The number of ether oxygens (including phenoxy) is 1. The molecule has 26 heavy (non-hydrogen) atoms. The number of amides is 1. The van der Waals surface area contributed by atoms with Crippen LogP contribution in [0.25, 0.3) is 0 Å². The third-order valence-corrected chi connectivity index (χ3v) is 6.13. The van der Waals surface area contributed by atoms with E-state index >= 15 is 0 Å². The second-order valence-corrected chi connectivity index (χ2v) is 8.42. The molecule has 1 aliphatic heterocycles. The Bertz CT molecular complexity index is 735. The summed E-state index contributed by atoms with van der Waals surface area (Å²) in [6.45, 7) is 2.62. The molecular weight excluding hydrogens is 358 g/mol. The molecule has 0 saturated carbocycles. The summed E-state index contributed by atoms with van der Waals surface area (Å²) in [5.41, 5.74) is 0.0868.